The second kappa shape index (κ2) is 9.19. The summed E-state index contributed by atoms with van der Waals surface area (Å²) in [7, 11) is 1.61. The van der Waals surface area contributed by atoms with Gasteiger partial charge in [-0.15, -0.1) is 0 Å². The Hall–Kier alpha value is -2.41. The van der Waals surface area contributed by atoms with Crippen LogP contribution in [0.3, 0.4) is 0 Å². The maximum Gasteiger partial charge on any atom is 0.310 e. The molecular formula is C21H28N2O5. The number of methoxy groups -OCH3 is 1. The number of hydrogen-bond acceptors (Lipinski definition) is 6. The first-order valence-corrected chi connectivity index (χ1v) is 9.91. The number of ether oxygens (including phenoxy) is 2. The molecule has 2 saturated heterocycles. The molecule has 0 aliphatic carbocycles. The summed E-state index contributed by atoms with van der Waals surface area (Å²) in [4.78, 5) is 40.7. The Kier molecular flexibility index (Phi) is 6.67. The van der Waals surface area contributed by atoms with Crippen LogP contribution in [0.4, 0.5) is 0 Å². The van der Waals surface area contributed by atoms with Gasteiger partial charge in [0.1, 0.15) is 5.75 Å². The van der Waals surface area contributed by atoms with Gasteiger partial charge < -0.3 is 9.47 Å². The predicted molar refractivity (Wildman–Crippen MR) is 103 cm³/mol. The van der Waals surface area contributed by atoms with Gasteiger partial charge in [0.05, 0.1) is 32.1 Å². The highest BCUT2D eigenvalue weighted by Gasteiger charge is 2.43. The molecule has 2 aliphatic rings. The molecule has 0 spiro atoms. The minimum atomic E-state index is -0.458. The van der Waals surface area contributed by atoms with E-state index in [0.29, 0.717) is 26.1 Å². The second-order valence-electron chi connectivity index (χ2n) is 7.29. The molecule has 0 bridgehead atoms. The summed E-state index contributed by atoms with van der Waals surface area (Å²) < 4.78 is 10.3. The molecule has 2 heterocycles. The van der Waals surface area contributed by atoms with Crippen LogP contribution in [0.25, 0.3) is 0 Å². The van der Waals surface area contributed by atoms with E-state index in [1.54, 1.807) is 14.0 Å². The van der Waals surface area contributed by atoms with Crippen molar-refractivity contribution < 1.29 is 23.9 Å². The van der Waals surface area contributed by atoms with Crippen molar-refractivity contribution in [3.05, 3.63) is 29.8 Å². The lowest BCUT2D eigenvalue weighted by Gasteiger charge is -2.34. The smallest absolute Gasteiger partial charge is 0.310 e. The first-order valence-electron chi connectivity index (χ1n) is 9.91. The Morgan fingerprint density at radius 3 is 2.64 bits per heavy atom. The van der Waals surface area contributed by atoms with E-state index in [-0.39, 0.29) is 30.1 Å². The van der Waals surface area contributed by atoms with Crippen molar-refractivity contribution in [2.75, 3.05) is 33.4 Å². The molecule has 2 atom stereocenters. The molecular weight excluding hydrogens is 360 g/mol. The van der Waals surface area contributed by atoms with Gasteiger partial charge in [-0.2, -0.15) is 0 Å². The number of carbonyl (C=O) groups is 3. The molecule has 2 fully saturated rings. The number of esters is 1. The summed E-state index contributed by atoms with van der Waals surface area (Å²) in [6, 6.07) is 7.16. The van der Waals surface area contributed by atoms with Crippen LogP contribution in [-0.4, -0.2) is 67.0 Å². The highest BCUT2D eigenvalue weighted by molar-refractivity contribution is 6.05. The van der Waals surface area contributed by atoms with Crippen LogP contribution >= 0.6 is 0 Å². The van der Waals surface area contributed by atoms with Crippen LogP contribution < -0.4 is 4.74 Å². The third kappa shape index (κ3) is 4.52. The maximum atomic E-state index is 12.9. The van der Waals surface area contributed by atoms with E-state index in [2.05, 4.69) is 0 Å². The second-order valence-corrected chi connectivity index (χ2v) is 7.29. The minimum absolute atomic E-state index is 0.137. The standard InChI is InChI=1S/C21H28N2O5/c1-3-28-21(26)16-5-4-11-22(14-16)18-13-19(24)23(20(18)25)12-10-15-6-8-17(27-2)9-7-15/h6-9,16,18H,3-5,10-14H2,1-2H3. The summed E-state index contributed by atoms with van der Waals surface area (Å²) in [6.45, 7) is 3.73. The number of piperidine rings is 1. The van der Waals surface area contributed by atoms with Gasteiger partial charge in [-0.3, -0.25) is 24.2 Å². The van der Waals surface area contributed by atoms with E-state index < -0.39 is 6.04 Å². The topological polar surface area (TPSA) is 76.2 Å². The number of imide groups is 1. The van der Waals surface area contributed by atoms with Gasteiger partial charge in [0.2, 0.25) is 11.8 Å². The van der Waals surface area contributed by atoms with Crippen molar-refractivity contribution in [1.82, 2.24) is 9.80 Å². The molecule has 0 aromatic heterocycles. The van der Waals surface area contributed by atoms with E-state index in [0.717, 1.165) is 30.7 Å². The Balaban J connectivity index is 1.58. The number of nitrogens with zero attached hydrogens (tertiary/aromatic N) is 2. The fourth-order valence-corrected chi connectivity index (χ4v) is 3.96. The molecule has 7 heteroatoms. The Morgan fingerprint density at radius 2 is 1.96 bits per heavy atom. The van der Waals surface area contributed by atoms with Gasteiger partial charge in [-0.25, -0.2) is 0 Å². The fourth-order valence-electron chi connectivity index (χ4n) is 3.96. The molecule has 2 aliphatic heterocycles. The number of benzene rings is 1. The van der Waals surface area contributed by atoms with Crippen LogP contribution in [-0.2, 0) is 25.5 Å². The van der Waals surface area contributed by atoms with Gasteiger partial charge in [0.25, 0.3) is 0 Å². The monoisotopic (exact) mass is 388 g/mol. The lowest BCUT2D eigenvalue weighted by Crippen LogP contribution is -2.48. The van der Waals surface area contributed by atoms with Gasteiger partial charge >= 0.3 is 5.97 Å². The Bertz CT molecular complexity index is 718. The Morgan fingerprint density at radius 1 is 1.21 bits per heavy atom. The first-order chi connectivity index (χ1) is 13.5. The van der Waals surface area contributed by atoms with Crippen LogP contribution in [0.2, 0.25) is 0 Å². The van der Waals surface area contributed by atoms with Gasteiger partial charge in [-0.05, 0) is 50.4 Å². The number of rotatable bonds is 7. The predicted octanol–water partition coefficient (Wildman–Crippen LogP) is 1.64. The van der Waals surface area contributed by atoms with Crippen molar-refractivity contribution in [1.29, 1.82) is 0 Å². The number of likely N-dealkylation sites (tertiary alicyclic amines) is 2. The molecule has 0 radical (unpaired) electrons. The van der Waals surface area contributed by atoms with Crippen LogP contribution in [0, 0.1) is 5.92 Å². The molecule has 7 nitrogen and oxygen atoms in total. The quantitative estimate of drug-likeness (QED) is 0.522. The van der Waals surface area contributed by atoms with Gasteiger partial charge in [0, 0.05) is 13.1 Å². The molecule has 1 aromatic rings. The fraction of sp³-hybridized carbons (Fsp3) is 0.571. The normalized spacial score (nSPS) is 23.1. The van der Waals surface area contributed by atoms with Gasteiger partial charge in [-0.1, -0.05) is 12.1 Å². The van der Waals surface area contributed by atoms with E-state index >= 15 is 0 Å². The minimum Gasteiger partial charge on any atom is -0.497 e. The third-order valence-corrected chi connectivity index (χ3v) is 5.52. The molecule has 0 N–H and O–H groups in total. The zero-order valence-electron chi connectivity index (χ0n) is 16.6. The molecule has 3 rings (SSSR count). The average Bonchev–Trinajstić information content (AvgIpc) is 3.00. The van der Waals surface area contributed by atoms with Crippen molar-refractivity contribution in [2.45, 2.75) is 38.6 Å². The van der Waals surface area contributed by atoms with Crippen molar-refractivity contribution in [3.8, 4) is 5.75 Å². The SMILES string of the molecule is CCOC(=O)C1CCCN(C2CC(=O)N(CCc3ccc(OC)cc3)C2=O)C1. The van der Waals surface area contributed by atoms with Crippen LogP contribution in [0.1, 0.15) is 31.7 Å². The molecule has 152 valence electrons. The summed E-state index contributed by atoms with van der Waals surface area (Å²) in [5.41, 5.74) is 1.05. The molecule has 2 amide bonds. The van der Waals surface area contributed by atoms with E-state index in [1.807, 2.05) is 29.2 Å². The third-order valence-electron chi connectivity index (χ3n) is 5.52. The van der Waals surface area contributed by atoms with E-state index in [1.165, 1.54) is 4.90 Å². The summed E-state index contributed by atoms with van der Waals surface area (Å²) >= 11 is 0. The largest absolute Gasteiger partial charge is 0.497 e. The van der Waals surface area contributed by atoms with Crippen LogP contribution in [0.15, 0.2) is 24.3 Å². The summed E-state index contributed by atoms with van der Waals surface area (Å²) in [6.07, 6.45) is 2.40. The first kappa shape index (κ1) is 20.3. The summed E-state index contributed by atoms with van der Waals surface area (Å²) in [5, 5.41) is 0. The summed E-state index contributed by atoms with van der Waals surface area (Å²) in [5.74, 6) is 0.0634. The van der Waals surface area contributed by atoms with E-state index in [4.69, 9.17) is 9.47 Å². The van der Waals surface area contributed by atoms with Crippen molar-refractivity contribution in [3.63, 3.8) is 0 Å². The van der Waals surface area contributed by atoms with Crippen molar-refractivity contribution >= 4 is 17.8 Å². The lowest BCUT2D eigenvalue weighted by molar-refractivity contribution is -0.151. The van der Waals surface area contributed by atoms with Crippen molar-refractivity contribution in [2.24, 2.45) is 5.92 Å². The zero-order valence-corrected chi connectivity index (χ0v) is 16.6. The number of hydrogen-bond donors (Lipinski definition) is 0. The highest BCUT2D eigenvalue weighted by Crippen LogP contribution is 2.26. The highest BCUT2D eigenvalue weighted by atomic mass is 16.5. The van der Waals surface area contributed by atoms with Gasteiger partial charge in [0.15, 0.2) is 0 Å². The maximum absolute atomic E-state index is 12.9. The number of amides is 2. The Labute approximate surface area is 165 Å². The molecule has 28 heavy (non-hydrogen) atoms. The number of carbonyl (C=O) groups excluding carboxylic acids is 3. The lowest BCUT2D eigenvalue weighted by atomic mass is 9.96. The zero-order chi connectivity index (χ0) is 20.1. The molecule has 1 aromatic carbocycles. The van der Waals surface area contributed by atoms with Crippen LogP contribution in [0.5, 0.6) is 5.75 Å². The average molecular weight is 388 g/mol. The van der Waals surface area contributed by atoms with E-state index in [9.17, 15) is 14.4 Å². The molecule has 2 unspecified atom stereocenters. The molecule has 0 saturated carbocycles.